The second-order valence-electron chi connectivity index (χ2n) is 4.89. The fourth-order valence-electron chi connectivity index (χ4n) is 2.06. The zero-order valence-electron chi connectivity index (χ0n) is 15.3. The monoisotopic (exact) mass is 347 g/mol. The number of hydrogen-bond donors (Lipinski definition) is 0. The normalized spacial score (nSPS) is 10.6. The van der Waals surface area contributed by atoms with Gasteiger partial charge in [-0.2, -0.15) is 0 Å². The summed E-state index contributed by atoms with van der Waals surface area (Å²) in [6, 6.07) is 20.5. The van der Waals surface area contributed by atoms with Gasteiger partial charge in [-0.25, -0.2) is 4.67 Å². The quantitative estimate of drug-likeness (QED) is 0.518. The summed E-state index contributed by atoms with van der Waals surface area (Å²) in [6.07, 6.45) is 0. The van der Waals surface area contributed by atoms with E-state index in [4.69, 9.17) is 9.05 Å². The van der Waals surface area contributed by atoms with Gasteiger partial charge in [-0.3, -0.25) is 0 Å². The summed E-state index contributed by atoms with van der Waals surface area (Å²) >= 11 is 0. The van der Waals surface area contributed by atoms with Gasteiger partial charge >= 0.3 is 0 Å². The van der Waals surface area contributed by atoms with E-state index >= 15 is 0 Å². The molecule has 0 saturated carbocycles. The van der Waals surface area contributed by atoms with Crippen molar-refractivity contribution in [1.29, 1.82) is 0 Å². The van der Waals surface area contributed by atoms with E-state index in [-0.39, 0.29) is 0 Å². The van der Waals surface area contributed by atoms with Gasteiger partial charge in [0, 0.05) is 13.1 Å². The second kappa shape index (κ2) is 13.1. The van der Waals surface area contributed by atoms with Crippen molar-refractivity contribution in [3.63, 3.8) is 0 Å². The first-order chi connectivity index (χ1) is 11.8. The highest BCUT2D eigenvalue weighted by atomic mass is 31.2. The Hall–Kier alpha value is -1.25. The Kier molecular flexibility index (Phi) is 11.3. The van der Waals surface area contributed by atoms with Crippen molar-refractivity contribution in [2.24, 2.45) is 0 Å². The molecule has 0 aliphatic carbocycles. The van der Waals surface area contributed by atoms with Crippen LogP contribution in [0.4, 0.5) is 0 Å². The Morgan fingerprint density at radius 2 is 1.08 bits per heavy atom. The van der Waals surface area contributed by atoms with Crippen LogP contribution in [0.5, 0.6) is 0 Å². The van der Waals surface area contributed by atoms with Crippen molar-refractivity contribution < 1.29 is 9.05 Å². The third-order valence-corrected chi connectivity index (χ3v) is 5.06. The topological polar surface area (TPSA) is 21.7 Å². The highest BCUT2D eigenvalue weighted by molar-refractivity contribution is 7.44. The molecular weight excluding hydrogens is 317 g/mol. The maximum Gasteiger partial charge on any atom is 0.259 e. The molecule has 0 atom stereocenters. The molecule has 0 amide bonds. The van der Waals surface area contributed by atoms with Gasteiger partial charge in [0.15, 0.2) is 0 Å². The minimum Gasteiger partial charge on any atom is -0.317 e. The van der Waals surface area contributed by atoms with Crippen LogP contribution in [0.25, 0.3) is 0 Å². The van der Waals surface area contributed by atoms with Gasteiger partial charge in [0.25, 0.3) is 8.53 Å². The van der Waals surface area contributed by atoms with Gasteiger partial charge in [-0.05, 0) is 11.1 Å². The molecule has 0 spiro atoms. The lowest BCUT2D eigenvalue weighted by Gasteiger charge is -2.27. The number of nitrogens with zero attached hydrogens (tertiary/aromatic N) is 1. The molecule has 4 heteroatoms. The van der Waals surface area contributed by atoms with Crippen LogP contribution in [0.15, 0.2) is 60.7 Å². The van der Waals surface area contributed by atoms with Gasteiger partial charge in [0.2, 0.25) is 0 Å². The average molecular weight is 347 g/mol. The zero-order chi connectivity index (χ0) is 17.6. The fourth-order valence-corrected chi connectivity index (χ4v) is 3.45. The summed E-state index contributed by atoms with van der Waals surface area (Å²) in [5, 5.41) is 0. The predicted molar refractivity (Wildman–Crippen MR) is 104 cm³/mol. The summed E-state index contributed by atoms with van der Waals surface area (Å²) in [5.74, 6) is 0. The minimum atomic E-state index is -1.04. The van der Waals surface area contributed by atoms with E-state index in [1.54, 1.807) is 0 Å². The van der Waals surface area contributed by atoms with E-state index < -0.39 is 8.53 Å². The molecule has 0 fully saturated rings. The molecule has 0 unspecified atom stereocenters. The smallest absolute Gasteiger partial charge is 0.259 e. The van der Waals surface area contributed by atoms with Crippen LogP contribution in [-0.4, -0.2) is 17.8 Å². The van der Waals surface area contributed by atoms with E-state index in [0.717, 1.165) is 13.1 Å². The summed E-state index contributed by atoms with van der Waals surface area (Å²) in [4.78, 5) is 0. The first kappa shape index (κ1) is 20.8. The van der Waals surface area contributed by atoms with Crippen molar-refractivity contribution in [1.82, 2.24) is 4.67 Å². The maximum absolute atomic E-state index is 6.06. The standard InChI is InChI=1S/C18H24NO2P.C2H6/c1-3-19(4-2)22(20-15-17-11-7-5-8-12-17)21-16-18-13-9-6-10-14-18;1-2/h5-14H,3-4,15-16H2,1-2H3;1-2H3. The van der Waals surface area contributed by atoms with Crippen molar-refractivity contribution in [3.8, 4) is 0 Å². The minimum absolute atomic E-state index is 0.581. The lowest BCUT2D eigenvalue weighted by molar-refractivity contribution is 0.195. The molecule has 2 rings (SSSR count). The van der Waals surface area contributed by atoms with E-state index in [1.807, 2.05) is 50.2 Å². The maximum atomic E-state index is 6.06. The number of hydrogen-bond acceptors (Lipinski definition) is 3. The number of rotatable bonds is 9. The Bertz CT molecular complexity index is 474. The van der Waals surface area contributed by atoms with Crippen LogP contribution in [0, 0.1) is 0 Å². The van der Waals surface area contributed by atoms with Crippen LogP contribution in [0.1, 0.15) is 38.8 Å². The van der Waals surface area contributed by atoms with Gasteiger partial charge in [-0.1, -0.05) is 88.4 Å². The van der Waals surface area contributed by atoms with E-state index in [2.05, 4.69) is 42.8 Å². The third kappa shape index (κ3) is 7.55. The van der Waals surface area contributed by atoms with E-state index in [9.17, 15) is 0 Å². The highest BCUT2D eigenvalue weighted by Crippen LogP contribution is 2.44. The lowest BCUT2D eigenvalue weighted by atomic mass is 10.2. The SMILES string of the molecule is CC.CCN(CC)P(OCc1ccccc1)OCc1ccccc1. The Balaban J connectivity index is 0.00000139. The van der Waals surface area contributed by atoms with Crippen LogP contribution < -0.4 is 0 Å². The molecule has 2 aromatic rings. The van der Waals surface area contributed by atoms with E-state index in [1.165, 1.54) is 11.1 Å². The summed E-state index contributed by atoms with van der Waals surface area (Å²) < 4.78 is 14.4. The zero-order valence-corrected chi connectivity index (χ0v) is 16.2. The molecule has 0 radical (unpaired) electrons. The largest absolute Gasteiger partial charge is 0.317 e. The van der Waals surface area contributed by atoms with Crippen molar-refractivity contribution in [3.05, 3.63) is 71.8 Å². The first-order valence-corrected chi connectivity index (χ1v) is 9.85. The lowest BCUT2D eigenvalue weighted by Crippen LogP contribution is -2.19. The number of benzene rings is 2. The Labute approximate surface area is 148 Å². The first-order valence-electron chi connectivity index (χ1n) is 8.72. The summed E-state index contributed by atoms with van der Waals surface area (Å²) in [6.45, 7) is 11.3. The molecule has 0 N–H and O–H groups in total. The molecule has 24 heavy (non-hydrogen) atoms. The summed E-state index contributed by atoms with van der Waals surface area (Å²) in [7, 11) is -1.04. The molecular formula is C20H30NO2P. The molecule has 0 heterocycles. The van der Waals surface area contributed by atoms with Gasteiger partial charge in [0.1, 0.15) is 0 Å². The molecule has 3 nitrogen and oxygen atoms in total. The Morgan fingerprint density at radius 3 is 1.42 bits per heavy atom. The highest BCUT2D eigenvalue weighted by Gasteiger charge is 2.19. The van der Waals surface area contributed by atoms with Crippen LogP contribution in [-0.2, 0) is 22.3 Å². The fraction of sp³-hybridized carbons (Fsp3) is 0.400. The van der Waals surface area contributed by atoms with Gasteiger partial charge in [-0.15, -0.1) is 0 Å². The molecule has 0 aromatic heterocycles. The average Bonchev–Trinajstić information content (AvgIpc) is 2.67. The predicted octanol–water partition coefficient (Wildman–Crippen LogP) is 6.01. The van der Waals surface area contributed by atoms with Crippen molar-refractivity contribution in [2.75, 3.05) is 13.1 Å². The third-order valence-electron chi connectivity index (χ3n) is 3.33. The Morgan fingerprint density at radius 1 is 0.708 bits per heavy atom. The molecule has 0 bridgehead atoms. The van der Waals surface area contributed by atoms with Crippen LogP contribution >= 0.6 is 8.53 Å². The molecule has 0 aliphatic heterocycles. The second-order valence-corrected chi connectivity index (χ2v) is 6.45. The van der Waals surface area contributed by atoms with Gasteiger partial charge < -0.3 is 9.05 Å². The van der Waals surface area contributed by atoms with Crippen molar-refractivity contribution >= 4 is 8.53 Å². The molecule has 0 saturated heterocycles. The van der Waals surface area contributed by atoms with Gasteiger partial charge in [0.05, 0.1) is 13.2 Å². The molecule has 2 aromatic carbocycles. The van der Waals surface area contributed by atoms with Crippen molar-refractivity contribution in [2.45, 2.75) is 40.9 Å². The van der Waals surface area contributed by atoms with Crippen LogP contribution in [0.3, 0.4) is 0 Å². The molecule has 0 aliphatic rings. The van der Waals surface area contributed by atoms with E-state index in [0.29, 0.717) is 13.2 Å². The summed E-state index contributed by atoms with van der Waals surface area (Å²) in [5.41, 5.74) is 2.34. The van der Waals surface area contributed by atoms with Crippen LogP contribution in [0.2, 0.25) is 0 Å². The molecule has 132 valence electrons.